The molecule has 6 heteroatoms. The molecule has 3 nitrogen and oxygen atoms in total. The number of sulfonamides is 1. The lowest BCUT2D eigenvalue weighted by Gasteiger charge is -2.11. The third-order valence-corrected chi connectivity index (χ3v) is 5.13. The molecule has 0 aliphatic carbocycles. The van der Waals surface area contributed by atoms with Crippen LogP contribution in [0.1, 0.15) is 11.1 Å². The van der Waals surface area contributed by atoms with E-state index in [0.717, 1.165) is 10.0 Å². The maximum absolute atomic E-state index is 13.0. The Kier molecular flexibility index (Phi) is 4.15. The molecule has 20 heavy (non-hydrogen) atoms. The summed E-state index contributed by atoms with van der Waals surface area (Å²) >= 11 is 3.33. The second kappa shape index (κ2) is 5.54. The van der Waals surface area contributed by atoms with Crippen molar-refractivity contribution in [2.24, 2.45) is 0 Å². The highest BCUT2D eigenvalue weighted by molar-refractivity contribution is 9.10. The van der Waals surface area contributed by atoms with Crippen molar-refractivity contribution in [2.75, 3.05) is 4.72 Å². The van der Waals surface area contributed by atoms with Gasteiger partial charge in [0.05, 0.1) is 10.6 Å². The molecule has 0 bridgehead atoms. The molecule has 0 spiro atoms. The van der Waals surface area contributed by atoms with Gasteiger partial charge in [0.2, 0.25) is 0 Å². The summed E-state index contributed by atoms with van der Waals surface area (Å²) in [6.07, 6.45) is 0. The predicted molar refractivity (Wildman–Crippen MR) is 80.8 cm³/mol. The van der Waals surface area contributed by atoms with Crippen LogP contribution in [0.3, 0.4) is 0 Å². The molecular weight excluding hydrogens is 345 g/mol. The van der Waals surface area contributed by atoms with Crippen LogP contribution in [0.2, 0.25) is 0 Å². The molecule has 0 unspecified atom stereocenters. The fourth-order valence-electron chi connectivity index (χ4n) is 1.73. The van der Waals surface area contributed by atoms with Gasteiger partial charge in [-0.3, -0.25) is 4.72 Å². The third-order valence-electron chi connectivity index (χ3n) is 2.87. The first-order chi connectivity index (χ1) is 9.29. The first-order valence-corrected chi connectivity index (χ1v) is 8.12. The Balaban J connectivity index is 2.38. The molecule has 0 aromatic heterocycles. The van der Waals surface area contributed by atoms with Crippen LogP contribution >= 0.6 is 15.9 Å². The van der Waals surface area contributed by atoms with E-state index in [-0.39, 0.29) is 4.90 Å². The summed E-state index contributed by atoms with van der Waals surface area (Å²) in [5, 5.41) is 0. The third kappa shape index (κ3) is 3.19. The fourth-order valence-corrected chi connectivity index (χ4v) is 3.19. The highest BCUT2D eigenvalue weighted by Crippen LogP contribution is 2.23. The minimum atomic E-state index is -3.68. The number of benzene rings is 2. The highest BCUT2D eigenvalue weighted by atomic mass is 79.9. The zero-order valence-electron chi connectivity index (χ0n) is 10.9. The molecule has 0 atom stereocenters. The Morgan fingerprint density at radius 2 is 1.75 bits per heavy atom. The Bertz CT molecular complexity index is 760. The molecule has 1 N–H and O–H groups in total. The largest absolute Gasteiger partial charge is 0.279 e. The number of nitrogens with one attached hydrogen (secondary N) is 1. The van der Waals surface area contributed by atoms with Gasteiger partial charge in [0.25, 0.3) is 10.0 Å². The first kappa shape index (κ1) is 15.0. The highest BCUT2D eigenvalue weighted by Gasteiger charge is 2.16. The topological polar surface area (TPSA) is 46.2 Å². The number of halogens is 2. The molecule has 0 aliphatic heterocycles. The summed E-state index contributed by atoms with van der Waals surface area (Å²) in [6, 6.07) is 8.68. The van der Waals surface area contributed by atoms with E-state index in [4.69, 9.17) is 0 Å². The van der Waals surface area contributed by atoms with Crippen molar-refractivity contribution in [3.05, 3.63) is 57.8 Å². The molecular formula is C14H13BrFNO2S. The Morgan fingerprint density at radius 1 is 1.05 bits per heavy atom. The van der Waals surface area contributed by atoms with Gasteiger partial charge in [-0.2, -0.15) is 0 Å². The normalized spacial score (nSPS) is 11.4. The van der Waals surface area contributed by atoms with Crippen LogP contribution in [-0.4, -0.2) is 8.42 Å². The zero-order chi connectivity index (χ0) is 14.9. The smallest absolute Gasteiger partial charge is 0.261 e. The molecule has 0 amide bonds. The summed E-state index contributed by atoms with van der Waals surface area (Å²) in [6.45, 7) is 3.46. The first-order valence-electron chi connectivity index (χ1n) is 5.85. The molecule has 2 aromatic carbocycles. The minimum Gasteiger partial charge on any atom is -0.279 e. The Hall–Kier alpha value is -1.40. The van der Waals surface area contributed by atoms with Crippen molar-refractivity contribution >= 4 is 31.6 Å². The van der Waals surface area contributed by atoms with E-state index in [2.05, 4.69) is 20.7 Å². The molecule has 0 aliphatic rings. The summed E-state index contributed by atoms with van der Waals surface area (Å²) in [4.78, 5) is 0.168. The van der Waals surface area contributed by atoms with Crippen molar-refractivity contribution in [3.63, 3.8) is 0 Å². The van der Waals surface area contributed by atoms with Crippen LogP contribution in [0.4, 0.5) is 10.1 Å². The van der Waals surface area contributed by atoms with Gasteiger partial charge in [-0.05, 0) is 61.4 Å². The van der Waals surface area contributed by atoms with E-state index in [1.54, 1.807) is 19.1 Å². The molecule has 0 saturated heterocycles. The average molecular weight is 358 g/mol. The second-order valence-corrected chi connectivity index (χ2v) is 7.01. The molecule has 2 rings (SSSR count). The van der Waals surface area contributed by atoms with Crippen molar-refractivity contribution < 1.29 is 12.8 Å². The predicted octanol–water partition coefficient (Wildman–Crippen LogP) is 4.01. The quantitative estimate of drug-likeness (QED) is 0.901. The van der Waals surface area contributed by atoms with Gasteiger partial charge >= 0.3 is 0 Å². The monoisotopic (exact) mass is 357 g/mol. The number of rotatable bonds is 3. The minimum absolute atomic E-state index is 0.168. The van der Waals surface area contributed by atoms with Crippen LogP contribution in [0, 0.1) is 19.7 Å². The summed E-state index contributed by atoms with van der Waals surface area (Å²) < 4.78 is 40.9. The Labute approximate surface area is 126 Å². The van der Waals surface area contributed by atoms with Crippen LogP contribution in [-0.2, 0) is 10.0 Å². The van der Waals surface area contributed by atoms with Crippen LogP contribution in [0.15, 0.2) is 45.8 Å². The van der Waals surface area contributed by atoms with Gasteiger partial charge in [0.1, 0.15) is 5.82 Å². The van der Waals surface area contributed by atoms with E-state index >= 15 is 0 Å². The van der Waals surface area contributed by atoms with E-state index in [9.17, 15) is 12.8 Å². The maximum atomic E-state index is 13.0. The van der Waals surface area contributed by atoms with Crippen molar-refractivity contribution in [1.82, 2.24) is 0 Å². The molecule has 0 radical (unpaired) electrons. The van der Waals surface area contributed by atoms with Gasteiger partial charge in [0, 0.05) is 4.47 Å². The number of anilines is 1. The van der Waals surface area contributed by atoms with Gasteiger partial charge < -0.3 is 0 Å². The zero-order valence-corrected chi connectivity index (χ0v) is 13.3. The van der Waals surface area contributed by atoms with Gasteiger partial charge in [-0.1, -0.05) is 15.9 Å². The van der Waals surface area contributed by atoms with Crippen LogP contribution in [0.25, 0.3) is 0 Å². The molecule has 0 fully saturated rings. The van der Waals surface area contributed by atoms with Crippen molar-refractivity contribution in [3.8, 4) is 0 Å². The van der Waals surface area contributed by atoms with E-state index in [0.29, 0.717) is 11.3 Å². The molecule has 106 valence electrons. The maximum Gasteiger partial charge on any atom is 0.261 e. The number of aryl methyl sites for hydroxylation is 2. The molecule has 2 aromatic rings. The van der Waals surface area contributed by atoms with Gasteiger partial charge in [0.15, 0.2) is 0 Å². The lowest BCUT2D eigenvalue weighted by molar-refractivity contribution is 0.600. The lowest BCUT2D eigenvalue weighted by atomic mass is 10.2. The summed E-state index contributed by atoms with van der Waals surface area (Å²) in [5.41, 5.74) is 1.72. The average Bonchev–Trinajstić information content (AvgIpc) is 2.36. The SMILES string of the molecule is Cc1cc(S(=O)(=O)Nc2ccc(F)cc2C)ccc1Br. The van der Waals surface area contributed by atoms with Gasteiger partial charge in [-0.25, -0.2) is 12.8 Å². The van der Waals surface area contributed by atoms with Crippen molar-refractivity contribution in [2.45, 2.75) is 18.7 Å². The van der Waals surface area contributed by atoms with Crippen molar-refractivity contribution in [1.29, 1.82) is 0 Å². The second-order valence-electron chi connectivity index (χ2n) is 4.48. The molecule has 0 heterocycles. The fraction of sp³-hybridized carbons (Fsp3) is 0.143. The van der Waals surface area contributed by atoms with Gasteiger partial charge in [-0.15, -0.1) is 0 Å². The van der Waals surface area contributed by atoms with E-state index < -0.39 is 15.8 Å². The Morgan fingerprint density at radius 3 is 2.35 bits per heavy atom. The molecule has 0 saturated carbocycles. The van der Waals surface area contributed by atoms with E-state index in [1.165, 1.54) is 24.3 Å². The number of hydrogen-bond donors (Lipinski definition) is 1. The lowest BCUT2D eigenvalue weighted by Crippen LogP contribution is -2.14. The standard InChI is InChI=1S/C14H13BrFNO2S/c1-9-8-12(4-5-13(9)15)20(18,19)17-14-6-3-11(16)7-10(14)2/h3-8,17H,1-2H3. The number of hydrogen-bond acceptors (Lipinski definition) is 2. The summed E-state index contributed by atoms with van der Waals surface area (Å²) in [7, 11) is -3.68. The van der Waals surface area contributed by atoms with Crippen LogP contribution in [0.5, 0.6) is 0 Å². The van der Waals surface area contributed by atoms with E-state index in [1.807, 2.05) is 6.92 Å². The van der Waals surface area contributed by atoms with Crippen LogP contribution < -0.4 is 4.72 Å². The summed E-state index contributed by atoms with van der Waals surface area (Å²) in [5.74, 6) is -0.398.